The molecule has 0 bridgehead atoms. The van der Waals surface area contributed by atoms with Crippen molar-refractivity contribution in [1.82, 2.24) is 15.0 Å². The summed E-state index contributed by atoms with van der Waals surface area (Å²) in [5.74, 6) is 1.95. The van der Waals surface area contributed by atoms with E-state index < -0.39 is 0 Å². The van der Waals surface area contributed by atoms with Crippen LogP contribution in [0.5, 0.6) is 17.2 Å². The van der Waals surface area contributed by atoms with Gasteiger partial charge in [0, 0.05) is 18.7 Å². The van der Waals surface area contributed by atoms with Crippen molar-refractivity contribution in [2.75, 3.05) is 27.1 Å². The van der Waals surface area contributed by atoms with Gasteiger partial charge in [0.25, 0.3) is 5.91 Å². The van der Waals surface area contributed by atoms with Gasteiger partial charge in [0.1, 0.15) is 5.75 Å². The smallest absolute Gasteiger partial charge is 0.250 e. The van der Waals surface area contributed by atoms with Gasteiger partial charge in [-0.1, -0.05) is 11.8 Å². The number of methoxy groups -OCH3 is 3. The van der Waals surface area contributed by atoms with Crippen molar-refractivity contribution in [1.29, 1.82) is 0 Å². The molecule has 0 atom stereocenters. The molecule has 0 aliphatic heterocycles. The van der Waals surface area contributed by atoms with E-state index >= 15 is 0 Å². The van der Waals surface area contributed by atoms with Crippen LogP contribution in [0.4, 0.5) is 0 Å². The lowest BCUT2D eigenvalue weighted by Gasteiger charge is -2.09. The first kappa shape index (κ1) is 21.5. The monoisotopic (exact) mass is 428 g/mol. The molecule has 8 nitrogen and oxygen atoms in total. The van der Waals surface area contributed by atoms with Crippen LogP contribution in [0.2, 0.25) is 0 Å². The van der Waals surface area contributed by atoms with Crippen LogP contribution >= 0.6 is 11.8 Å². The lowest BCUT2D eigenvalue weighted by Crippen LogP contribution is -2.21. The second kappa shape index (κ2) is 9.53. The van der Waals surface area contributed by atoms with Gasteiger partial charge in [0.15, 0.2) is 16.7 Å². The number of benzene rings is 2. The average molecular weight is 429 g/mol. The third kappa shape index (κ3) is 4.68. The van der Waals surface area contributed by atoms with Crippen LogP contribution in [0.25, 0.3) is 11.0 Å². The first-order chi connectivity index (χ1) is 14.5. The number of nitrogens with one attached hydrogen (secondary N) is 1. The minimum absolute atomic E-state index is 0.191. The third-order valence-electron chi connectivity index (χ3n) is 4.53. The highest BCUT2D eigenvalue weighted by Crippen LogP contribution is 2.28. The van der Waals surface area contributed by atoms with Gasteiger partial charge in [-0.05, 0) is 37.3 Å². The molecule has 0 fully saturated rings. The summed E-state index contributed by atoms with van der Waals surface area (Å²) in [6.45, 7) is 1.81. The van der Waals surface area contributed by atoms with Crippen LogP contribution < -0.4 is 19.6 Å². The van der Waals surface area contributed by atoms with Gasteiger partial charge < -0.3 is 18.8 Å². The zero-order valence-electron chi connectivity index (χ0n) is 17.6. The van der Waals surface area contributed by atoms with Crippen LogP contribution in [-0.2, 0) is 11.8 Å². The number of hydrogen-bond acceptors (Lipinski definition) is 7. The molecule has 0 radical (unpaired) electrons. The molecule has 0 unspecified atom stereocenters. The Hall–Kier alpha value is -3.20. The number of hydrogen-bond donors (Lipinski definition) is 1. The van der Waals surface area contributed by atoms with Crippen LogP contribution in [-0.4, -0.2) is 48.3 Å². The van der Waals surface area contributed by atoms with E-state index in [0.29, 0.717) is 17.2 Å². The van der Waals surface area contributed by atoms with Crippen molar-refractivity contribution in [3.8, 4) is 17.2 Å². The van der Waals surface area contributed by atoms with Crippen LogP contribution in [0.15, 0.2) is 46.7 Å². The Balaban J connectivity index is 1.63. The van der Waals surface area contributed by atoms with E-state index in [-0.39, 0.29) is 11.7 Å². The fourth-order valence-electron chi connectivity index (χ4n) is 2.85. The summed E-state index contributed by atoms with van der Waals surface area (Å²) in [6, 6.07) is 11.2. The number of aromatic nitrogens is 2. The maximum absolute atomic E-state index is 12.3. The number of ether oxygens (including phenoxy) is 3. The molecular weight excluding hydrogens is 404 g/mol. The first-order valence-electron chi connectivity index (χ1n) is 9.15. The second-order valence-electron chi connectivity index (χ2n) is 6.40. The van der Waals surface area contributed by atoms with Crippen molar-refractivity contribution >= 4 is 34.4 Å². The number of nitrogens with zero attached hydrogens (tertiary/aromatic N) is 3. The Morgan fingerprint density at radius 3 is 2.57 bits per heavy atom. The third-order valence-corrected chi connectivity index (χ3v) is 5.56. The molecular formula is C21H24N4O4S. The molecule has 3 aromatic rings. The largest absolute Gasteiger partial charge is 0.497 e. The number of fused-ring (bicyclic) bond motifs is 1. The van der Waals surface area contributed by atoms with E-state index in [0.717, 1.165) is 27.5 Å². The minimum atomic E-state index is -0.218. The van der Waals surface area contributed by atoms with E-state index in [4.69, 9.17) is 14.2 Å². The summed E-state index contributed by atoms with van der Waals surface area (Å²) in [5.41, 5.74) is 5.86. The number of amides is 1. The van der Waals surface area contributed by atoms with Crippen molar-refractivity contribution in [2.24, 2.45) is 12.1 Å². The number of hydrazone groups is 1. The van der Waals surface area contributed by atoms with Gasteiger partial charge in [-0.15, -0.1) is 0 Å². The summed E-state index contributed by atoms with van der Waals surface area (Å²) < 4.78 is 17.7. The molecule has 158 valence electrons. The molecule has 1 amide bonds. The molecule has 1 N–H and O–H groups in total. The summed E-state index contributed by atoms with van der Waals surface area (Å²) in [7, 11) is 6.69. The van der Waals surface area contributed by atoms with Crippen LogP contribution in [0.1, 0.15) is 12.5 Å². The highest BCUT2D eigenvalue weighted by molar-refractivity contribution is 7.99. The Bertz CT molecular complexity index is 1090. The predicted molar refractivity (Wildman–Crippen MR) is 118 cm³/mol. The van der Waals surface area contributed by atoms with E-state index in [1.165, 1.54) is 11.8 Å². The maximum atomic E-state index is 12.3. The summed E-state index contributed by atoms with van der Waals surface area (Å²) >= 11 is 1.35. The highest BCUT2D eigenvalue weighted by atomic mass is 32.2. The van der Waals surface area contributed by atoms with Gasteiger partial charge >= 0.3 is 0 Å². The molecule has 9 heteroatoms. The molecule has 2 aromatic carbocycles. The predicted octanol–water partition coefficient (Wildman–Crippen LogP) is 3.23. The Morgan fingerprint density at radius 1 is 1.10 bits per heavy atom. The quantitative estimate of drug-likeness (QED) is 0.337. The van der Waals surface area contributed by atoms with Crippen molar-refractivity contribution in [2.45, 2.75) is 12.1 Å². The van der Waals surface area contributed by atoms with Gasteiger partial charge in [-0.2, -0.15) is 5.10 Å². The molecule has 3 rings (SSSR count). The van der Waals surface area contributed by atoms with Crippen molar-refractivity contribution < 1.29 is 19.0 Å². The lowest BCUT2D eigenvalue weighted by molar-refractivity contribution is -0.118. The Labute approximate surface area is 179 Å². The maximum Gasteiger partial charge on any atom is 0.250 e. The van der Waals surface area contributed by atoms with Crippen LogP contribution in [0, 0.1) is 0 Å². The van der Waals surface area contributed by atoms with E-state index in [9.17, 15) is 4.79 Å². The first-order valence-corrected chi connectivity index (χ1v) is 10.1. The SMILES string of the molecule is COc1ccc2c(c1)nc(SCC(=O)N/N=C(/C)c1ccc(OC)c(OC)c1)n2C. The fraction of sp³-hybridized carbons (Fsp3) is 0.286. The number of carbonyl (C=O) groups excluding carboxylic acids is 1. The van der Waals surface area contributed by atoms with Crippen LogP contribution in [0.3, 0.4) is 0 Å². The minimum Gasteiger partial charge on any atom is -0.497 e. The normalized spacial score (nSPS) is 11.4. The number of carbonyl (C=O) groups is 1. The number of thioether (sulfide) groups is 1. The molecule has 0 saturated carbocycles. The summed E-state index contributed by atoms with van der Waals surface area (Å²) in [4.78, 5) is 16.8. The molecule has 1 aromatic heterocycles. The van der Waals surface area contributed by atoms with Gasteiger partial charge in [-0.25, -0.2) is 10.4 Å². The summed E-state index contributed by atoms with van der Waals surface area (Å²) in [6.07, 6.45) is 0. The number of aryl methyl sites for hydroxylation is 1. The molecule has 0 saturated heterocycles. The Morgan fingerprint density at radius 2 is 1.87 bits per heavy atom. The molecule has 0 spiro atoms. The molecule has 0 aliphatic carbocycles. The van der Waals surface area contributed by atoms with Gasteiger partial charge in [-0.3, -0.25) is 4.79 Å². The molecule has 0 aliphatic rings. The zero-order chi connectivity index (χ0) is 21.7. The fourth-order valence-corrected chi connectivity index (χ4v) is 3.63. The van der Waals surface area contributed by atoms with Crippen molar-refractivity contribution in [3.05, 3.63) is 42.0 Å². The second-order valence-corrected chi connectivity index (χ2v) is 7.34. The van der Waals surface area contributed by atoms with E-state index in [1.807, 2.05) is 48.9 Å². The molecule has 30 heavy (non-hydrogen) atoms. The van der Waals surface area contributed by atoms with Gasteiger partial charge in [0.2, 0.25) is 0 Å². The average Bonchev–Trinajstić information content (AvgIpc) is 3.10. The molecule has 1 heterocycles. The van der Waals surface area contributed by atoms with E-state index in [2.05, 4.69) is 15.5 Å². The standard InChI is InChI=1S/C21H24N4O4S/c1-13(14-6-9-18(28-4)19(10-14)29-5)23-24-20(26)12-30-21-22-16-11-15(27-3)7-8-17(16)25(21)2/h6-11H,12H2,1-5H3,(H,24,26)/b23-13-. The lowest BCUT2D eigenvalue weighted by atomic mass is 10.1. The van der Waals surface area contributed by atoms with E-state index in [1.54, 1.807) is 27.4 Å². The topological polar surface area (TPSA) is 87.0 Å². The number of rotatable bonds is 8. The zero-order valence-corrected chi connectivity index (χ0v) is 18.4. The summed E-state index contributed by atoms with van der Waals surface area (Å²) in [5, 5.41) is 4.93. The van der Waals surface area contributed by atoms with Gasteiger partial charge in [0.05, 0.1) is 43.8 Å². The Kier molecular flexibility index (Phi) is 6.83. The number of imidazole rings is 1. The van der Waals surface area contributed by atoms with Crippen molar-refractivity contribution in [3.63, 3.8) is 0 Å². The highest BCUT2D eigenvalue weighted by Gasteiger charge is 2.12.